The van der Waals surface area contributed by atoms with Crippen molar-refractivity contribution >= 4 is 10.0 Å². The molecule has 0 atom stereocenters. The van der Waals surface area contributed by atoms with E-state index >= 15 is 0 Å². The lowest BCUT2D eigenvalue weighted by Gasteiger charge is -2.20. The Balaban J connectivity index is 2.33. The van der Waals surface area contributed by atoms with Gasteiger partial charge < -0.3 is 9.84 Å². The Kier molecular flexibility index (Phi) is 4.68. The van der Waals surface area contributed by atoms with Gasteiger partial charge in [-0.25, -0.2) is 13.1 Å². The van der Waals surface area contributed by atoms with Crippen molar-refractivity contribution < 1.29 is 18.3 Å². The molecule has 2 aromatic carbocycles. The molecule has 124 valence electrons. The summed E-state index contributed by atoms with van der Waals surface area (Å²) < 4.78 is 32.3. The van der Waals surface area contributed by atoms with E-state index < -0.39 is 15.6 Å². The number of sulfonamides is 1. The summed E-state index contributed by atoms with van der Waals surface area (Å²) in [4.78, 5) is 0.210. The Morgan fingerprint density at radius 1 is 1.00 bits per heavy atom. The number of rotatable bonds is 4. The average Bonchev–Trinajstić information content (AvgIpc) is 2.45. The Morgan fingerprint density at radius 2 is 1.57 bits per heavy atom. The van der Waals surface area contributed by atoms with E-state index in [2.05, 4.69) is 4.72 Å². The molecule has 0 saturated heterocycles. The predicted octanol–water partition coefficient (Wildman–Crippen LogP) is 3.14. The molecule has 0 bridgehead atoms. The van der Waals surface area contributed by atoms with Crippen LogP contribution in [0.2, 0.25) is 0 Å². The molecule has 0 unspecified atom stereocenters. The SMILES string of the molecule is COc1cc(-c2ccc(S(=O)(=O)NC(C)(C)C)cc2)ccc1O. The Bertz CT molecular complexity index is 790. The zero-order valence-electron chi connectivity index (χ0n) is 13.6. The molecule has 0 radical (unpaired) electrons. The molecule has 2 aromatic rings. The highest BCUT2D eigenvalue weighted by Crippen LogP contribution is 2.31. The first-order chi connectivity index (χ1) is 10.6. The fourth-order valence-electron chi connectivity index (χ4n) is 2.15. The highest BCUT2D eigenvalue weighted by molar-refractivity contribution is 7.89. The molecule has 0 fully saturated rings. The number of nitrogens with one attached hydrogen (secondary N) is 1. The third-order valence-electron chi connectivity index (χ3n) is 3.12. The first kappa shape index (κ1) is 17.3. The van der Waals surface area contributed by atoms with Gasteiger partial charge in [0.2, 0.25) is 10.0 Å². The van der Waals surface area contributed by atoms with E-state index in [1.54, 1.807) is 63.2 Å². The van der Waals surface area contributed by atoms with E-state index in [1.807, 2.05) is 0 Å². The second-order valence-corrected chi connectivity index (χ2v) is 7.95. The summed E-state index contributed by atoms with van der Waals surface area (Å²) in [5.74, 6) is 0.429. The minimum Gasteiger partial charge on any atom is -0.504 e. The smallest absolute Gasteiger partial charge is 0.241 e. The normalized spacial score (nSPS) is 12.2. The maximum atomic E-state index is 12.3. The van der Waals surface area contributed by atoms with Crippen LogP contribution >= 0.6 is 0 Å². The monoisotopic (exact) mass is 335 g/mol. The first-order valence-corrected chi connectivity index (χ1v) is 8.62. The summed E-state index contributed by atoms with van der Waals surface area (Å²) in [7, 11) is -2.07. The van der Waals surface area contributed by atoms with Gasteiger partial charge in [0.15, 0.2) is 11.5 Å². The van der Waals surface area contributed by atoms with E-state index in [4.69, 9.17) is 4.74 Å². The van der Waals surface area contributed by atoms with Gasteiger partial charge in [-0.05, 0) is 56.2 Å². The number of phenolic OH excluding ortho intramolecular Hbond substituents is 1. The number of benzene rings is 2. The molecule has 0 aliphatic heterocycles. The number of phenols is 1. The molecule has 5 nitrogen and oxygen atoms in total. The number of hydrogen-bond acceptors (Lipinski definition) is 4. The van der Waals surface area contributed by atoms with Crippen LogP contribution in [0.3, 0.4) is 0 Å². The van der Waals surface area contributed by atoms with Crippen LogP contribution in [-0.4, -0.2) is 26.2 Å². The maximum absolute atomic E-state index is 12.3. The first-order valence-electron chi connectivity index (χ1n) is 7.14. The Labute approximate surface area is 137 Å². The topological polar surface area (TPSA) is 75.6 Å². The van der Waals surface area contributed by atoms with Crippen LogP contribution in [0.4, 0.5) is 0 Å². The number of ether oxygens (including phenoxy) is 1. The van der Waals surface area contributed by atoms with Crippen molar-refractivity contribution in [3.63, 3.8) is 0 Å². The fourth-order valence-corrected chi connectivity index (χ4v) is 3.56. The number of hydrogen-bond donors (Lipinski definition) is 2. The summed E-state index contributed by atoms with van der Waals surface area (Å²) in [5, 5.41) is 9.63. The lowest BCUT2D eigenvalue weighted by molar-refractivity contribution is 0.373. The van der Waals surface area contributed by atoms with Crippen LogP contribution in [0.5, 0.6) is 11.5 Å². The van der Waals surface area contributed by atoms with Gasteiger partial charge in [0, 0.05) is 5.54 Å². The molecule has 0 amide bonds. The molecule has 0 heterocycles. The van der Waals surface area contributed by atoms with Crippen molar-refractivity contribution in [2.45, 2.75) is 31.2 Å². The molecule has 0 spiro atoms. The molecule has 23 heavy (non-hydrogen) atoms. The van der Waals surface area contributed by atoms with Gasteiger partial charge in [0.05, 0.1) is 12.0 Å². The molecule has 0 aliphatic rings. The van der Waals surface area contributed by atoms with Crippen molar-refractivity contribution in [2.24, 2.45) is 0 Å². The van der Waals surface area contributed by atoms with Crippen LogP contribution in [0.25, 0.3) is 11.1 Å². The fraction of sp³-hybridized carbons (Fsp3) is 0.294. The van der Waals surface area contributed by atoms with Crippen LogP contribution in [-0.2, 0) is 10.0 Å². The van der Waals surface area contributed by atoms with Gasteiger partial charge in [-0.3, -0.25) is 0 Å². The second-order valence-electron chi connectivity index (χ2n) is 6.27. The van der Waals surface area contributed by atoms with Crippen LogP contribution in [0.15, 0.2) is 47.4 Å². The van der Waals surface area contributed by atoms with Crippen molar-refractivity contribution in [2.75, 3.05) is 7.11 Å². The van der Waals surface area contributed by atoms with Gasteiger partial charge in [-0.2, -0.15) is 0 Å². The summed E-state index contributed by atoms with van der Waals surface area (Å²) in [5.41, 5.74) is 1.12. The summed E-state index contributed by atoms with van der Waals surface area (Å²) >= 11 is 0. The molecule has 0 saturated carbocycles. The zero-order chi connectivity index (χ0) is 17.3. The van der Waals surface area contributed by atoms with E-state index in [0.717, 1.165) is 11.1 Å². The number of methoxy groups -OCH3 is 1. The molecule has 2 N–H and O–H groups in total. The van der Waals surface area contributed by atoms with E-state index in [0.29, 0.717) is 5.75 Å². The summed E-state index contributed by atoms with van der Waals surface area (Å²) in [6, 6.07) is 11.6. The van der Waals surface area contributed by atoms with Crippen LogP contribution < -0.4 is 9.46 Å². The quantitative estimate of drug-likeness (QED) is 0.900. The van der Waals surface area contributed by atoms with Crippen molar-refractivity contribution in [1.29, 1.82) is 0 Å². The average molecular weight is 335 g/mol. The van der Waals surface area contributed by atoms with Crippen molar-refractivity contribution in [1.82, 2.24) is 4.72 Å². The third kappa shape index (κ3) is 4.24. The Hall–Kier alpha value is -2.05. The van der Waals surface area contributed by atoms with E-state index in [-0.39, 0.29) is 10.6 Å². The van der Waals surface area contributed by atoms with Gasteiger partial charge in [-0.15, -0.1) is 0 Å². The standard InChI is InChI=1S/C17H21NO4S/c1-17(2,3)18-23(20,21)14-8-5-12(6-9-14)13-7-10-15(19)16(11-13)22-4/h5-11,18-19H,1-4H3. The van der Waals surface area contributed by atoms with Crippen LogP contribution in [0, 0.1) is 0 Å². The minimum atomic E-state index is -3.55. The molecular weight excluding hydrogens is 314 g/mol. The lowest BCUT2D eigenvalue weighted by atomic mass is 10.1. The van der Waals surface area contributed by atoms with E-state index in [9.17, 15) is 13.5 Å². The molecular formula is C17H21NO4S. The number of aromatic hydroxyl groups is 1. The maximum Gasteiger partial charge on any atom is 0.241 e. The molecule has 2 rings (SSSR count). The van der Waals surface area contributed by atoms with Crippen molar-refractivity contribution in [3.05, 3.63) is 42.5 Å². The van der Waals surface area contributed by atoms with E-state index in [1.165, 1.54) is 7.11 Å². The molecule has 0 aliphatic carbocycles. The van der Waals surface area contributed by atoms with Gasteiger partial charge in [0.1, 0.15) is 0 Å². The van der Waals surface area contributed by atoms with Gasteiger partial charge in [-0.1, -0.05) is 18.2 Å². The highest BCUT2D eigenvalue weighted by atomic mass is 32.2. The van der Waals surface area contributed by atoms with Crippen molar-refractivity contribution in [3.8, 4) is 22.6 Å². The molecule has 0 aromatic heterocycles. The Morgan fingerprint density at radius 3 is 2.09 bits per heavy atom. The van der Waals surface area contributed by atoms with Crippen LogP contribution in [0.1, 0.15) is 20.8 Å². The van der Waals surface area contributed by atoms with Gasteiger partial charge in [0.25, 0.3) is 0 Å². The third-order valence-corrected chi connectivity index (χ3v) is 4.89. The van der Waals surface area contributed by atoms with Gasteiger partial charge >= 0.3 is 0 Å². The second kappa shape index (κ2) is 6.22. The lowest BCUT2D eigenvalue weighted by Crippen LogP contribution is -2.40. The predicted molar refractivity (Wildman–Crippen MR) is 90.2 cm³/mol. The highest BCUT2D eigenvalue weighted by Gasteiger charge is 2.21. The molecule has 6 heteroatoms. The summed E-state index contributed by atoms with van der Waals surface area (Å²) in [6.07, 6.45) is 0. The zero-order valence-corrected chi connectivity index (χ0v) is 14.4. The summed E-state index contributed by atoms with van der Waals surface area (Å²) in [6.45, 7) is 5.38. The minimum absolute atomic E-state index is 0.0600. The largest absolute Gasteiger partial charge is 0.504 e.